The molecule has 1 unspecified atom stereocenters. The first-order valence-electron chi connectivity index (χ1n) is 12.7. The number of anilines is 1. The van der Waals surface area contributed by atoms with Crippen molar-refractivity contribution in [2.24, 2.45) is 0 Å². The van der Waals surface area contributed by atoms with Gasteiger partial charge >= 0.3 is 0 Å². The van der Waals surface area contributed by atoms with Crippen molar-refractivity contribution >= 4 is 23.4 Å². The van der Waals surface area contributed by atoms with Crippen molar-refractivity contribution in [1.82, 2.24) is 10.6 Å². The van der Waals surface area contributed by atoms with Gasteiger partial charge in [-0.2, -0.15) is 0 Å². The average molecular weight is 500 g/mol. The normalized spacial score (nSPS) is 16.8. The fraction of sp³-hybridized carbons (Fsp3) is 0.300. The van der Waals surface area contributed by atoms with Gasteiger partial charge in [0.05, 0.1) is 12.3 Å². The summed E-state index contributed by atoms with van der Waals surface area (Å²) in [5.41, 5.74) is 2.74. The van der Waals surface area contributed by atoms with Crippen LogP contribution < -0.4 is 15.5 Å². The van der Waals surface area contributed by atoms with E-state index in [0.29, 0.717) is 43.5 Å². The summed E-state index contributed by atoms with van der Waals surface area (Å²) in [4.78, 5) is 40.4. The Labute approximate surface area is 217 Å². The number of carbonyl (C=O) groups excluding carboxylic acids is 3. The van der Waals surface area contributed by atoms with Gasteiger partial charge in [0.25, 0.3) is 11.8 Å². The molecule has 1 aliphatic rings. The standard InChI is InChI=1S/C30H33N3O4/c1-23(34)31-21-10-11-22-37-30(32-28(35)25-14-4-2-5-15-25)20-12-18-24-13-8-9-19-27(24)33(30)29(36)26-16-6-3-7-17-26/h2-9,13-17,19H,10-12,18,20-22H2,1H3,(H,31,34)(H,32,35). The van der Waals surface area contributed by atoms with Crippen molar-refractivity contribution in [2.45, 2.75) is 44.9 Å². The van der Waals surface area contributed by atoms with E-state index in [1.54, 1.807) is 41.3 Å². The first kappa shape index (κ1) is 26.1. The molecule has 3 aromatic rings. The molecule has 7 nitrogen and oxygen atoms in total. The van der Waals surface area contributed by atoms with Gasteiger partial charge < -0.3 is 15.4 Å². The number of hydrogen-bond acceptors (Lipinski definition) is 4. The van der Waals surface area contributed by atoms with Crippen LogP contribution in [0.2, 0.25) is 0 Å². The zero-order valence-electron chi connectivity index (χ0n) is 21.1. The molecule has 1 atom stereocenters. The van der Waals surface area contributed by atoms with E-state index in [1.807, 2.05) is 48.5 Å². The lowest BCUT2D eigenvalue weighted by atomic mass is 10.1. The quantitative estimate of drug-likeness (QED) is 0.330. The average Bonchev–Trinajstić information content (AvgIpc) is 3.07. The fourth-order valence-corrected chi connectivity index (χ4v) is 4.61. The van der Waals surface area contributed by atoms with Crippen LogP contribution in [0.5, 0.6) is 0 Å². The Bertz CT molecular complexity index is 1220. The third-order valence-electron chi connectivity index (χ3n) is 6.41. The maximum Gasteiger partial charge on any atom is 0.262 e. The first-order chi connectivity index (χ1) is 18.0. The molecule has 2 N–H and O–H groups in total. The van der Waals surface area contributed by atoms with Crippen LogP contribution in [0.4, 0.5) is 5.69 Å². The van der Waals surface area contributed by atoms with Gasteiger partial charge in [-0.3, -0.25) is 19.3 Å². The van der Waals surface area contributed by atoms with Gasteiger partial charge in [-0.05, 0) is 61.6 Å². The highest BCUT2D eigenvalue weighted by atomic mass is 16.5. The van der Waals surface area contributed by atoms with Gasteiger partial charge in [0.15, 0.2) is 0 Å². The number of nitrogens with zero attached hydrogens (tertiary/aromatic N) is 1. The lowest BCUT2D eigenvalue weighted by Gasteiger charge is -2.43. The number of nitrogens with one attached hydrogen (secondary N) is 2. The number of rotatable bonds is 9. The number of para-hydroxylation sites is 1. The van der Waals surface area contributed by atoms with Gasteiger partial charge in [0, 0.05) is 31.0 Å². The van der Waals surface area contributed by atoms with Crippen molar-refractivity contribution in [3.8, 4) is 0 Å². The highest BCUT2D eigenvalue weighted by molar-refractivity contribution is 6.08. The lowest BCUT2D eigenvalue weighted by molar-refractivity contribution is -0.119. The number of carbonyl (C=O) groups is 3. The van der Waals surface area contributed by atoms with E-state index in [9.17, 15) is 14.4 Å². The van der Waals surface area contributed by atoms with Crippen LogP contribution in [0.1, 0.15) is 58.9 Å². The topological polar surface area (TPSA) is 87.7 Å². The second-order valence-corrected chi connectivity index (χ2v) is 9.13. The Hall–Kier alpha value is -3.97. The summed E-state index contributed by atoms with van der Waals surface area (Å²) >= 11 is 0. The van der Waals surface area contributed by atoms with Crippen LogP contribution in [0.25, 0.3) is 0 Å². The highest BCUT2D eigenvalue weighted by Gasteiger charge is 2.45. The molecule has 0 bridgehead atoms. The number of hydrogen-bond donors (Lipinski definition) is 2. The number of fused-ring (bicyclic) bond motifs is 1. The van der Waals surface area contributed by atoms with Gasteiger partial charge in [-0.15, -0.1) is 0 Å². The molecule has 1 aliphatic heterocycles. The van der Waals surface area contributed by atoms with E-state index in [-0.39, 0.29) is 17.7 Å². The third kappa shape index (κ3) is 6.43. The van der Waals surface area contributed by atoms with Crippen LogP contribution in [0, 0.1) is 0 Å². The van der Waals surface area contributed by atoms with Gasteiger partial charge in [-0.1, -0.05) is 54.6 Å². The third-order valence-corrected chi connectivity index (χ3v) is 6.41. The van der Waals surface area contributed by atoms with E-state index in [0.717, 1.165) is 24.1 Å². The van der Waals surface area contributed by atoms with Gasteiger partial charge in [0.2, 0.25) is 11.8 Å². The number of unbranched alkanes of at least 4 members (excludes halogenated alkanes) is 1. The molecule has 0 radical (unpaired) electrons. The molecule has 192 valence electrons. The van der Waals surface area contributed by atoms with E-state index < -0.39 is 5.85 Å². The number of ether oxygens (including phenoxy) is 1. The Morgan fingerprint density at radius 2 is 1.51 bits per heavy atom. The summed E-state index contributed by atoms with van der Waals surface area (Å²) < 4.78 is 6.52. The summed E-state index contributed by atoms with van der Waals surface area (Å²) in [6, 6.07) is 25.8. The van der Waals surface area contributed by atoms with Crippen LogP contribution >= 0.6 is 0 Å². The summed E-state index contributed by atoms with van der Waals surface area (Å²) in [5.74, 6) is -2.03. The molecule has 3 aromatic carbocycles. The molecule has 0 fully saturated rings. The van der Waals surface area contributed by atoms with Crippen LogP contribution in [0.3, 0.4) is 0 Å². The second kappa shape index (κ2) is 12.3. The molecular formula is C30H33N3O4. The molecule has 0 aromatic heterocycles. The maximum atomic E-state index is 14.1. The minimum atomic E-state index is -1.39. The zero-order valence-corrected chi connectivity index (χ0v) is 21.1. The smallest absolute Gasteiger partial charge is 0.262 e. The lowest BCUT2D eigenvalue weighted by Crippen LogP contribution is -2.64. The molecule has 37 heavy (non-hydrogen) atoms. The molecule has 4 rings (SSSR count). The minimum Gasteiger partial charge on any atom is -0.356 e. The van der Waals surface area contributed by atoms with E-state index in [4.69, 9.17) is 4.74 Å². The van der Waals surface area contributed by atoms with Crippen molar-refractivity contribution in [3.63, 3.8) is 0 Å². The van der Waals surface area contributed by atoms with Crippen LogP contribution in [0.15, 0.2) is 84.9 Å². The SMILES string of the molecule is CC(=O)NCCCCOC1(NC(=O)c2ccccc2)CCCc2ccccc2N1C(=O)c1ccccc1. The molecule has 7 heteroatoms. The van der Waals surface area contributed by atoms with Crippen LogP contribution in [-0.4, -0.2) is 36.7 Å². The largest absolute Gasteiger partial charge is 0.356 e. The summed E-state index contributed by atoms with van der Waals surface area (Å²) in [6.07, 6.45) is 3.26. The van der Waals surface area contributed by atoms with Crippen molar-refractivity contribution in [3.05, 3.63) is 102 Å². The number of aryl methyl sites for hydroxylation is 1. The predicted molar refractivity (Wildman–Crippen MR) is 143 cm³/mol. The minimum absolute atomic E-state index is 0.0764. The first-order valence-corrected chi connectivity index (χ1v) is 12.7. The predicted octanol–water partition coefficient (Wildman–Crippen LogP) is 4.69. The Kier molecular flexibility index (Phi) is 8.69. The monoisotopic (exact) mass is 499 g/mol. The fourth-order valence-electron chi connectivity index (χ4n) is 4.61. The Morgan fingerprint density at radius 3 is 2.22 bits per heavy atom. The van der Waals surface area contributed by atoms with Crippen molar-refractivity contribution in [2.75, 3.05) is 18.1 Å². The summed E-state index contributed by atoms with van der Waals surface area (Å²) in [7, 11) is 0. The number of benzene rings is 3. The van der Waals surface area contributed by atoms with E-state index in [2.05, 4.69) is 10.6 Å². The zero-order chi connectivity index (χ0) is 26.1. The van der Waals surface area contributed by atoms with Crippen molar-refractivity contribution < 1.29 is 19.1 Å². The van der Waals surface area contributed by atoms with Crippen molar-refractivity contribution in [1.29, 1.82) is 0 Å². The molecule has 0 saturated carbocycles. The van der Waals surface area contributed by atoms with Gasteiger partial charge in [0.1, 0.15) is 0 Å². The molecule has 0 aliphatic carbocycles. The second-order valence-electron chi connectivity index (χ2n) is 9.13. The molecule has 0 spiro atoms. The Balaban J connectivity index is 1.72. The highest BCUT2D eigenvalue weighted by Crippen LogP contribution is 2.37. The molecule has 3 amide bonds. The van der Waals surface area contributed by atoms with E-state index >= 15 is 0 Å². The number of amides is 3. The maximum absolute atomic E-state index is 14.1. The van der Waals surface area contributed by atoms with E-state index in [1.165, 1.54) is 6.92 Å². The van der Waals surface area contributed by atoms with Crippen LogP contribution in [-0.2, 0) is 16.0 Å². The Morgan fingerprint density at radius 1 is 0.865 bits per heavy atom. The summed E-state index contributed by atoms with van der Waals surface area (Å²) in [5, 5.41) is 5.90. The molecular weight excluding hydrogens is 466 g/mol. The molecule has 0 saturated heterocycles. The van der Waals surface area contributed by atoms with Gasteiger partial charge in [-0.25, -0.2) is 0 Å². The molecule has 1 heterocycles. The summed E-state index contributed by atoms with van der Waals surface area (Å²) in [6.45, 7) is 2.33.